The predicted molar refractivity (Wildman–Crippen MR) is 94.1 cm³/mol. The van der Waals surface area contributed by atoms with E-state index in [1.165, 1.54) is 6.20 Å². The molecule has 6 heteroatoms. The lowest BCUT2D eigenvalue weighted by atomic mass is 9.98. The van der Waals surface area contributed by atoms with Gasteiger partial charge in [-0.25, -0.2) is 4.39 Å². The Bertz CT molecular complexity index is 889. The summed E-state index contributed by atoms with van der Waals surface area (Å²) in [6.45, 7) is 9.53. The molecule has 2 aromatic rings. The molecular weight excluding hydrogens is 326 g/mol. The average Bonchev–Trinajstić information content (AvgIpc) is 2.55. The monoisotopic (exact) mass is 344 g/mol. The molecule has 4 nitrogen and oxygen atoms in total. The van der Waals surface area contributed by atoms with Crippen LogP contribution in [0, 0.1) is 28.7 Å². The number of benzene rings is 1. The Morgan fingerprint density at radius 1 is 1.40 bits per heavy atom. The zero-order chi connectivity index (χ0) is 18.7. The number of aryl methyl sites for hydroxylation is 1. The van der Waals surface area contributed by atoms with Gasteiger partial charge in [0.05, 0.1) is 10.5 Å². The highest BCUT2D eigenvalue weighted by Gasteiger charge is 2.23. The second-order valence-corrected chi connectivity index (χ2v) is 5.71. The molecule has 0 fully saturated rings. The fraction of sp³-hybridized carbons (Fsp3) is 0.211. The molecule has 0 spiro atoms. The van der Waals surface area contributed by atoms with Crippen LogP contribution >= 0.6 is 0 Å². The summed E-state index contributed by atoms with van der Waals surface area (Å²) in [5.41, 5.74) is 2.08. The number of pyridine rings is 1. The van der Waals surface area contributed by atoms with E-state index in [2.05, 4.69) is 11.6 Å². The van der Waals surface area contributed by atoms with Gasteiger partial charge >= 0.3 is 5.69 Å². The van der Waals surface area contributed by atoms with E-state index in [0.29, 0.717) is 11.3 Å². The lowest BCUT2D eigenvalue weighted by Gasteiger charge is -2.11. The van der Waals surface area contributed by atoms with Crippen LogP contribution in [0.2, 0.25) is 0 Å². The Balaban J connectivity index is 2.65. The van der Waals surface area contributed by atoms with Gasteiger partial charge in [0.2, 0.25) is 5.82 Å². The lowest BCUT2D eigenvalue weighted by molar-refractivity contribution is -0.387. The largest absolute Gasteiger partial charge is 0.305 e. The molecule has 1 heterocycles. The number of allylic oxidation sites excluding steroid dienone is 3. The number of nitro benzene ring substituents is 1. The van der Waals surface area contributed by atoms with Crippen molar-refractivity contribution < 1.29 is 13.7 Å². The Hall–Kier alpha value is -2.89. The molecule has 0 amide bonds. The van der Waals surface area contributed by atoms with Gasteiger partial charge in [-0.2, -0.15) is 4.39 Å². The molecule has 0 radical (unpaired) electrons. The first-order chi connectivity index (χ1) is 11.8. The third kappa shape index (κ3) is 3.79. The topological polar surface area (TPSA) is 56.0 Å². The van der Waals surface area contributed by atoms with Gasteiger partial charge in [0.25, 0.3) is 0 Å². The summed E-state index contributed by atoms with van der Waals surface area (Å²) >= 11 is 0. The smallest absolute Gasteiger partial charge is 0.260 e. The normalized spacial score (nSPS) is 11.5. The van der Waals surface area contributed by atoms with Gasteiger partial charge in [0, 0.05) is 23.5 Å². The Labute approximate surface area is 144 Å². The van der Waals surface area contributed by atoms with Crippen molar-refractivity contribution in [2.75, 3.05) is 0 Å². The molecule has 0 bridgehead atoms. The van der Waals surface area contributed by atoms with E-state index in [-0.39, 0.29) is 5.56 Å². The minimum atomic E-state index is -1.21. The van der Waals surface area contributed by atoms with Crippen molar-refractivity contribution in [1.29, 1.82) is 0 Å². The molecule has 25 heavy (non-hydrogen) atoms. The summed E-state index contributed by atoms with van der Waals surface area (Å²) in [6.07, 6.45) is 3.97. The first-order valence-electron chi connectivity index (χ1n) is 7.72. The number of nitrogens with zero attached hydrogens (tertiary/aromatic N) is 2. The molecule has 0 aliphatic heterocycles. The van der Waals surface area contributed by atoms with Crippen LogP contribution in [0.5, 0.6) is 0 Å². The van der Waals surface area contributed by atoms with Gasteiger partial charge in [-0.15, -0.1) is 0 Å². The molecular formula is C19H18F2N2O2. The number of halogens is 2. The van der Waals surface area contributed by atoms with Crippen LogP contribution in [0.4, 0.5) is 14.5 Å². The van der Waals surface area contributed by atoms with Crippen molar-refractivity contribution in [2.24, 2.45) is 0 Å². The third-order valence-corrected chi connectivity index (χ3v) is 3.94. The van der Waals surface area contributed by atoms with Gasteiger partial charge in [-0.05, 0) is 43.5 Å². The van der Waals surface area contributed by atoms with Crippen LogP contribution in [0.25, 0.3) is 16.7 Å². The Morgan fingerprint density at radius 3 is 2.68 bits per heavy atom. The highest BCUT2D eigenvalue weighted by Crippen LogP contribution is 2.33. The molecule has 0 saturated heterocycles. The van der Waals surface area contributed by atoms with E-state index >= 15 is 0 Å². The summed E-state index contributed by atoms with van der Waals surface area (Å²) in [6, 6.07) is 3.28. The van der Waals surface area contributed by atoms with Gasteiger partial charge in [0.15, 0.2) is 0 Å². The van der Waals surface area contributed by atoms with Gasteiger partial charge in [0.1, 0.15) is 5.82 Å². The summed E-state index contributed by atoms with van der Waals surface area (Å²) < 4.78 is 28.6. The van der Waals surface area contributed by atoms with E-state index in [0.717, 1.165) is 29.7 Å². The first kappa shape index (κ1) is 18.4. The molecule has 0 unspecified atom stereocenters. The van der Waals surface area contributed by atoms with Crippen molar-refractivity contribution in [3.63, 3.8) is 0 Å². The SMILES string of the molecule is C=C(/C=C(\C)c1cc(-c2c(F)ccc([N+](=O)[O-])c2F)cnc1C)CC. The van der Waals surface area contributed by atoms with E-state index in [1.54, 1.807) is 13.0 Å². The van der Waals surface area contributed by atoms with Gasteiger partial charge < -0.3 is 0 Å². The maximum atomic E-state index is 14.4. The Morgan fingerprint density at radius 2 is 2.08 bits per heavy atom. The molecule has 0 aliphatic carbocycles. The minimum Gasteiger partial charge on any atom is -0.260 e. The van der Waals surface area contributed by atoms with Crippen LogP contribution in [-0.4, -0.2) is 9.91 Å². The number of hydrogen-bond acceptors (Lipinski definition) is 3. The van der Waals surface area contributed by atoms with E-state index in [9.17, 15) is 18.9 Å². The standard InChI is InChI=1S/C19H18F2N2O2/c1-5-11(2)8-12(3)15-9-14(10-22-13(15)4)18-16(20)6-7-17(19(18)21)23(24)25/h6-10H,2,5H2,1,3-4H3/b12-8+. The quantitative estimate of drug-likeness (QED) is 0.402. The van der Waals surface area contributed by atoms with Gasteiger partial charge in [-0.1, -0.05) is 25.2 Å². The lowest BCUT2D eigenvalue weighted by Crippen LogP contribution is -1.99. The molecule has 130 valence electrons. The van der Waals surface area contributed by atoms with Crippen LogP contribution < -0.4 is 0 Å². The predicted octanol–water partition coefficient (Wildman–Crippen LogP) is 5.61. The maximum absolute atomic E-state index is 14.4. The van der Waals surface area contributed by atoms with Gasteiger partial charge in [-0.3, -0.25) is 15.1 Å². The van der Waals surface area contributed by atoms with Crippen molar-refractivity contribution in [2.45, 2.75) is 27.2 Å². The zero-order valence-corrected chi connectivity index (χ0v) is 14.3. The van der Waals surface area contributed by atoms with Crippen LogP contribution in [0.15, 0.2) is 42.6 Å². The number of nitro groups is 1. The van der Waals surface area contributed by atoms with Crippen molar-refractivity contribution in [3.8, 4) is 11.1 Å². The average molecular weight is 344 g/mol. The van der Waals surface area contributed by atoms with Crippen molar-refractivity contribution in [1.82, 2.24) is 4.98 Å². The highest BCUT2D eigenvalue weighted by molar-refractivity contribution is 5.75. The van der Waals surface area contributed by atoms with E-state index in [4.69, 9.17) is 0 Å². The molecule has 1 aromatic heterocycles. The molecule has 0 saturated carbocycles. The summed E-state index contributed by atoms with van der Waals surface area (Å²) in [5.74, 6) is -2.08. The Kier molecular flexibility index (Phi) is 5.41. The van der Waals surface area contributed by atoms with Crippen molar-refractivity contribution in [3.05, 3.63) is 75.6 Å². The zero-order valence-electron chi connectivity index (χ0n) is 14.3. The first-order valence-corrected chi connectivity index (χ1v) is 7.72. The fourth-order valence-corrected chi connectivity index (χ4v) is 2.50. The molecule has 1 aromatic carbocycles. The third-order valence-electron chi connectivity index (χ3n) is 3.94. The second-order valence-electron chi connectivity index (χ2n) is 5.71. The molecule has 0 N–H and O–H groups in total. The highest BCUT2D eigenvalue weighted by atomic mass is 19.1. The molecule has 2 rings (SSSR count). The van der Waals surface area contributed by atoms with Crippen molar-refractivity contribution >= 4 is 11.3 Å². The second kappa shape index (κ2) is 7.34. The van der Waals surface area contributed by atoms with Crippen LogP contribution in [0.1, 0.15) is 31.5 Å². The fourth-order valence-electron chi connectivity index (χ4n) is 2.50. The maximum Gasteiger partial charge on any atom is 0.305 e. The molecule has 0 atom stereocenters. The number of rotatable bonds is 5. The van der Waals surface area contributed by atoms with Crippen LogP contribution in [-0.2, 0) is 0 Å². The number of hydrogen-bond donors (Lipinski definition) is 0. The summed E-state index contributed by atoms with van der Waals surface area (Å²) in [7, 11) is 0. The number of aromatic nitrogens is 1. The summed E-state index contributed by atoms with van der Waals surface area (Å²) in [4.78, 5) is 14.2. The molecule has 0 aliphatic rings. The minimum absolute atomic E-state index is 0.147. The summed E-state index contributed by atoms with van der Waals surface area (Å²) in [5, 5.41) is 10.9. The van der Waals surface area contributed by atoms with Crippen LogP contribution in [0.3, 0.4) is 0 Å². The van der Waals surface area contributed by atoms with E-state index < -0.39 is 27.8 Å². The van der Waals surface area contributed by atoms with E-state index in [1.807, 2.05) is 19.9 Å².